The molecule has 2 N–H and O–H groups in total. The van der Waals surface area contributed by atoms with Crippen molar-refractivity contribution < 1.29 is 14.3 Å². The Morgan fingerprint density at radius 3 is 2.81 bits per heavy atom. The second-order valence-electron chi connectivity index (χ2n) is 3.00. The maximum absolute atomic E-state index is 11.3. The summed E-state index contributed by atoms with van der Waals surface area (Å²) in [5.41, 5.74) is 0.806. The minimum absolute atomic E-state index is 0.305. The molecule has 88 valence electrons. The topological polar surface area (TPSA) is 80.3 Å². The van der Waals surface area contributed by atoms with Gasteiger partial charge in [-0.25, -0.2) is 4.98 Å². The fourth-order valence-electron chi connectivity index (χ4n) is 0.912. The number of methoxy groups -OCH3 is 1. The highest BCUT2D eigenvalue weighted by atomic mass is 32.1. The highest BCUT2D eigenvalue weighted by Crippen LogP contribution is 2.13. The van der Waals surface area contributed by atoms with Gasteiger partial charge in [0, 0.05) is 19.0 Å². The van der Waals surface area contributed by atoms with E-state index >= 15 is 0 Å². The molecule has 0 aliphatic rings. The Bertz CT molecular complexity index is 378. The Morgan fingerprint density at radius 2 is 2.25 bits per heavy atom. The summed E-state index contributed by atoms with van der Waals surface area (Å²) in [7, 11) is 1.52. The van der Waals surface area contributed by atoms with Gasteiger partial charge in [0.05, 0.1) is 12.3 Å². The van der Waals surface area contributed by atoms with Crippen LogP contribution in [0.25, 0.3) is 0 Å². The summed E-state index contributed by atoms with van der Waals surface area (Å²) in [6.45, 7) is 2.49. The minimum atomic E-state index is -0.717. The third-order valence-corrected chi connectivity index (χ3v) is 2.51. The van der Waals surface area contributed by atoms with Gasteiger partial charge in [-0.3, -0.25) is 14.9 Å². The molecule has 7 heteroatoms. The SMILES string of the molecule is COCCNC(=O)C(=O)Nc1nc(C)cs1. The normalized spacial score (nSPS) is 9.88. The standard InChI is InChI=1S/C9H13N3O3S/c1-6-5-16-9(11-6)12-8(14)7(13)10-3-4-15-2/h5H,3-4H2,1-2H3,(H,10,13)(H,11,12,14). The van der Waals surface area contributed by atoms with Crippen LogP contribution in [0.5, 0.6) is 0 Å². The quantitative estimate of drug-likeness (QED) is 0.583. The summed E-state index contributed by atoms with van der Waals surface area (Å²) in [6, 6.07) is 0. The van der Waals surface area contributed by atoms with Gasteiger partial charge in [0.2, 0.25) is 0 Å². The lowest BCUT2D eigenvalue weighted by atomic mass is 10.5. The van der Waals surface area contributed by atoms with Gasteiger partial charge in [-0.05, 0) is 6.92 Å². The Labute approximate surface area is 97.0 Å². The van der Waals surface area contributed by atoms with E-state index in [-0.39, 0.29) is 0 Å². The fraction of sp³-hybridized carbons (Fsp3) is 0.444. The fourth-order valence-corrected chi connectivity index (χ4v) is 1.60. The van der Waals surface area contributed by atoms with E-state index in [1.54, 1.807) is 5.38 Å². The Morgan fingerprint density at radius 1 is 1.50 bits per heavy atom. The number of ether oxygens (including phenoxy) is 1. The molecular formula is C9H13N3O3S. The lowest BCUT2D eigenvalue weighted by Gasteiger charge is -2.03. The molecule has 1 aromatic rings. The summed E-state index contributed by atoms with van der Waals surface area (Å²) < 4.78 is 4.74. The first-order valence-electron chi connectivity index (χ1n) is 4.63. The van der Waals surface area contributed by atoms with E-state index in [4.69, 9.17) is 4.74 Å². The molecule has 0 atom stereocenters. The highest BCUT2D eigenvalue weighted by molar-refractivity contribution is 7.14. The summed E-state index contributed by atoms with van der Waals surface area (Å²) in [6.07, 6.45) is 0. The number of carbonyl (C=O) groups is 2. The maximum atomic E-state index is 11.3. The molecule has 1 aromatic heterocycles. The molecule has 0 spiro atoms. The average Bonchev–Trinajstić information content (AvgIpc) is 2.64. The Hall–Kier alpha value is -1.47. The van der Waals surface area contributed by atoms with Crippen molar-refractivity contribution in [2.75, 3.05) is 25.6 Å². The molecule has 0 unspecified atom stereocenters. The maximum Gasteiger partial charge on any atom is 0.315 e. The van der Waals surface area contributed by atoms with Crippen LogP contribution in [0.3, 0.4) is 0 Å². The molecule has 0 saturated heterocycles. The summed E-state index contributed by atoms with van der Waals surface area (Å²) in [5, 5.41) is 7.03. The highest BCUT2D eigenvalue weighted by Gasteiger charge is 2.14. The van der Waals surface area contributed by atoms with Gasteiger partial charge in [0.1, 0.15) is 0 Å². The van der Waals surface area contributed by atoms with Gasteiger partial charge in [0.15, 0.2) is 5.13 Å². The van der Waals surface area contributed by atoms with Crippen LogP contribution in [0.15, 0.2) is 5.38 Å². The second-order valence-corrected chi connectivity index (χ2v) is 3.85. The molecule has 0 aliphatic carbocycles. The van der Waals surface area contributed by atoms with Gasteiger partial charge in [0.25, 0.3) is 0 Å². The molecule has 16 heavy (non-hydrogen) atoms. The number of aromatic nitrogens is 1. The van der Waals surface area contributed by atoms with E-state index in [1.807, 2.05) is 6.92 Å². The summed E-state index contributed by atoms with van der Waals surface area (Å²) in [5.74, 6) is -1.41. The predicted molar refractivity (Wildman–Crippen MR) is 60.4 cm³/mol. The van der Waals surface area contributed by atoms with Crippen molar-refractivity contribution in [3.8, 4) is 0 Å². The van der Waals surface area contributed by atoms with Gasteiger partial charge in [-0.15, -0.1) is 11.3 Å². The van der Waals surface area contributed by atoms with E-state index in [9.17, 15) is 9.59 Å². The Balaban J connectivity index is 2.37. The van der Waals surface area contributed by atoms with Crippen molar-refractivity contribution in [3.63, 3.8) is 0 Å². The van der Waals surface area contributed by atoms with Crippen molar-refractivity contribution >= 4 is 28.3 Å². The molecule has 6 nitrogen and oxygen atoms in total. The van der Waals surface area contributed by atoms with E-state index < -0.39 is 11.8 Å². The number of anilines is 1. The molecule has 2 amide bonds. The average molecular weight is 243 g/mol. The van der Waals surface area contributed by atoms with Crippen molar-refractivity contribution in [3.05, 3.63) is 11.1 Å². The number of aryl methyl sites for hydroxylation is 1. The number of amides is 2. The van der Waals surface area contributed by atoms with E-state index in [0.717, 1.165) is 5.69 Å². The zero-order valence-electron chi connectivity index (χ0n) is 9.07. The van der Waals surface area contributed by atoms with Crippen LogP contribution in [0.1, 0.15) is 5.69 Å². The van der Waals surface area contributed by atoms with Crippen LogP contribution >= 0.6 is 11.3 Å². The first-order valence-corrected chi connectivity index (χ1v) is 5.51. The first kappa shape index (κ1) is 12.6. The molecule has 1 heterocycles. The molecule has 0 aliphatic heterocycles. The van der Waals surface area contributed by atoms with Gasteiger partial charge < -0.3 is 10.1 Å². The number of carbonyl (C=O) groups excluding carboxylic acids is 2. The van der Waals surface area contributed by atoms with Crippen LogP contribution in [-0.2, 0) is 14.3 Å². The lowest BCUT2D eigenvalue weighted by Crippen LogP contribution is -2.37. The second kappa shape index (κ2) is 6.19. The van der Waals surface area contributed by atoms with Crippen LogP contribution in [0, 0.1) is 6.92 Å². The molecule has 0 radical (unpaired) electrons. The molecule has 0 saturated carbocycles. The molecule has 0 bridgehead atoms. The number of nitrogens with one attached hydrogen (secondary N) is 2. The monoisotopic (exact) mass is 243 g/mol. The zero-order valence-corrected chi connectivity index (χ0v) is 9.89. The Kier molecular flexibility index (Phi) is 4.87. The van der Waals surface area contributed by atoms with Crippen LogP contribution < -0.4 is 10.6 Å². The largest absolute Gasteiger partial charge is 0.383 e. The minimum Gasteiger partial charge on any atom is -0.383 e. The molecule has 1 rings (SSSR count). The molecule has 0 aromatic carbocycles. The van der Waals surface area contributed by atoms with Crippen molar-refractivity contribution in [2.24, 2.45) is 0 Å². The van der Waals surface area contributed by atoms with Crippen LogP contribution in [0.4, 0.5) is 5.13 Å². The van der Waals surface area contributed by atoms with E-state index in [1.165, 1.54) is 18.4 Å². The molecular weight excluding hydrogens is 230 g/mol. The number of hydrogen-bond acceptors (Lipinski definition) is 5. The van der Waals surface area contributed by atoms with E-state index in [0.29, 0.717) is 18.3 Å². The predicted octanol–water partition coefficient (Wildman–Crippen LogP) is 0.153. The van der Waals surface area contributed by atoms with Gasteiger partial charge >= 0.3 is 11.8 Å². The van der Waals surface area contributed by atoms with E-state index in [2.05, 4.69) is 15.6 Å². The molecule has 0 fully saturated rings. The summed E-state index contributed by atoms with van der Waals surface area (Å²) in [4.78, 5) is 26.6. The van der Waals surface area contributed by atoms with Crippen LogP contribution in [0.2, 0.25) is 0 Å². The van der Waals surface area contributed by atoms with Crippen LogP contribution in [-0.4, -0.2) is 37.1 Å². The number of rotatable bonds is 4. The number of thiazole rings is 1. The van der Waals surface area contributed by atoms with Crippen molar-refractivity contribution in [1.29, 1.82) is 0 Å². The zero-order chi connectivity index (χ0) is 12.0. The van der Waals surface area contributed by atoms with Gasteiger partial charge in [-0.1, -0.05) is 0 Å². The number of nitrogens with zero attached hydrogens (tertiary/aromatic N) is 1. The van der Waals surface area contributed by atoms with Crippen molar-refractivity contribution in [1.82, 2.24) is 10.3 Å². The smallest absolute Gasteiger partial charge is 0.315 e. The lowest BCUT2D eigenvalue weighted by molar-refractivity contribution is -0.136. The summed E-state index contributed by atoms with van der Waals surface area (Å²) >= 11 is 1.28. The van der Waals surface area contributed by atoms with Crippen molar-refractivity contribution in [2.45, 2.75) is 6.92 Å². The number of hydrogen-bond donors (Lipinski definition) is 2. The third-order valence-electron chi connectivity index (χ3n) is 1.64. The third kappa shape index (κ3) is 3.95. The van der Waals surface area contributed by atoms with Gasteiger partial charge in [-0.2, -0.15) is 0 Å². The first-order chi connectivity index (χ1) is 7.63.